The van der Waals surface area contributed by atoms with Crippen molar-refractivity contribution in [2.45, 2.75) is 6.04 Å². The fraction of sp³-hybridized carbons (Fsp3) is 0.125. The molecule has 1 rings (SSSR count). The number of carbonyl (C=O) groups excluding carboxylic acids is 1. The number of rotatable bonds is 2. The van der Waals surface area contributed by atoms with E-state index in [1.54, 1.807) is 12.1 Å². The SMILES string of the molecule is Cl.NC(=O)[C@H](N)c1ccccc1. The van der Waals surface area contributed by atoms with Crippen LogP contribution in [0.2, 0.25) is 0 Å². The van der Waals surface area contributed by atoms with Crippen molar-refractivity contribution in [3.63, 3.8) is 0 Å². The maximum atomic E-state index is 10.6. The average molecular weight is 187 g/mol. The van der Waals surface area contributed by atoms with E-state index in [-0.39, 0.29) is 12.4 Å². The van der Waals surface area contributed by atoms with Crippen LogP contribution in [0.4, 0.5) is 0 Å². The Labute approximate surface area is 77.2 Å². The van der Waals surface area contributed by atoms with Crippen LogP contribution in [-0.2, 0) is 4.79 Å². The molecule has 4 N–H and O–H groups in total. The van der Waals surface area contributed by atoms with Gasteiger partial charge in [-0.2, -0.15) is 0 Å². The normalized spacial score (nSPS) is 11.4. The number of primary amides is 1. The van der Waals surface area contributed by atoms with Crippen molar-refractivity contribution in [3.05, 3.63) is 35.9 Å². The minimum absolute atomic E-state index is 0. The largest absolute Gasteiger partial charge is 0.368 e. The molecule has 0 aliphatic carbocycles. The second-order valence-corrected chi connectivity index (χ2v) is 2.29. The van der Waals surface area contributed by atoms with Crippen molar-refractivity contribution in [2.75, 3.05) is 0 Å². The molecule has 0 saturated heterocycles. The summed E-state index contributed by atoms with van der Waals surface area (Å²) in [5, 5.41) is 0. The third-order valence-corrected chi connectivity index (χ3v) is 1.47. The van der Waals surface area contributed by atoms with E-state index in [1.807, 2.05) is 18.2 Å². The molecule has 66 valence electrons. The third-order valence-electron chi connectivity index (χ3n) is 1.47. The van der Waals surface area contributed by atoms with Gasteiger partial charge in [-0.1, -0.05) is 30.3 Å². The summed E-state index contributed by atoms with van der Waals surface area (Å²) in [6.45, 7) is 0. The van der Waals surface area contributed by atoms with Gasteiger partial charge in [0.2, 0.25) is 5.91 Å². The summed E-state index contributed by atoms with van der Waals surface area (Å²) in [5.41, 5.74) is 11.2. The highest BCUT2D eigenvalue weighted by Crippen LogP contribution is 2.07. The minimum Gasteiger partial charge on any atom is -0.368 e. The summed E-state index contributed by atoms with van der Waals surface area (Å²) in [7, 11) is 0. The van der Waals surface area contributed by atoms with Gasteiger partial charge in [-0.05, 0) is 5.56 Å². The van der Waals surface area contributed by atoms with E-state index in [1.165, 1.54) is 0 Å². The summed E-state index contributed by atoms with van der Waals surface area (Å²) < 4.78 is 0. The molecule has 0 unspecified atom stereocenters. The molecule has 4 heteroatoms. The Hall–Kier alpha value is -1.06. The monoisotopic (exact) mass is 186 g/mol. The van der Waals surface area contributed by atoms with Crippen LogP contribution in [0, 0.1) is 0 Å². The first kappa shape index (κ1) is 10.9. The maximum absolute atomic E-state index is 10.6. The van der Waals surface area contributed by atoms with Crippen molar-refractivity contribution in [1.29, 1.82) is 0 Å². The molecule has 3 nitrogen and oxygen atoms in total. The van der Waals surface area contributed by atoms with Crippen LogP contribution in [0.3, 0.4) is 0 Å². The molecule has 0 saturated carbocycles. The lowest BCUT2D eigenvalue weighted by Gasteiger charge is -2.05. The van der Waals surface area contributed by atoms with Crippen LogP contribution in [0.15, 0.2) is 30.3 Å². The summed E-state index contributed by atoms with van der Waals surface area (Å²) in [4.78, 5) is 10.6. The molecule has 1 atom stereocenters. The summed E-state index contributed by atoms with van der Waals surface area (Å²) in [6.07, 6.45) is 0. The van der Waals surface area contributed by atoms with E-state index >= 15 is 0 Å². The number of benzene rings is 1. The Morgan fingerprint density at radius 2 is 1.75 bits per heavy atom. The minimum atomic E-state index is -0.684. The molecule has 0 aliphatic rings. The molecule has 1 aromatic carbocycles. The van der Waals surface area contributed by atoms with Gasteiger partial charge < -0.3 is 11.5 Å². The summed E-state index contributed by atoms with van der Waals surface area (Å²) >= 11 is 0. The van der Waals surface area contributed by atoms with Gasteiger partial charge in [-0.15, -0.1) is 12.4 Å². The Bertz CT molecular complexity index is 250. The molecule has 0 radical (unpaired) electrons. The first-order valence-electron chi connectivity index (χ1n) is 3.31. The number of amides is 1. The van der Waals surface area contributed by atoms with Gasteiger partial charge in [0.1, 0.15) is 6.04 Å². The zero-order valence-corrected chi connectivity index (χ0v) is 7.25. The van der Waals surface area contributed by atoms with E-state index in [9.17, 15) is 4.79 Å². The lowest BCUT2D eigenvalue weighted by atomic mass is 10.1. The lowest BCUT2D eigenvalue weighted by molar-refractivity contribution is -0.119. The van der Waals surface area contributed by atoms with Gasteiger partial charge >= 0.3 is 0 Å². The first-order chi connectivity index (χ1) is 5.22. The van der Waals surface area contributed by atoms with Gasteiger partial charge in [0.25, 0.3) is 0 Å². The predicted molar refractivity (Wildman–Crippen MR) is 49.8 cm³/mol. The molecular formula is C8H11ClN2O. The Morgan fingerprint density at radius 3 is 2.17 bits per heavy atom. The van der Waals surface area contributed by atoms with Crippen molar-refractivity contribution in [1.82, 2.24) is 0 Å². The Kier molecular flexibility index (Phi) is 4.33. The third kappa shape index (κ3) is 2.53. The summed E-state index contributed by atoms with van der Waals surface area (Å²) in [5.74, 6) is -0.504. The van der Waals surface area contributed by atoms with E-state index in [4.69, 9.17) is 11.5 Å². The Morgan fingerprint density at radius 1 is 1.25 bits per heavy atom. The molecule has 0 aromatic heterocycles. The number of hydrogen-bond donors (Lipinski definition) is 2. The highest BCUT2D eigenvalue weighted by molar-refractivity contribution is 5.85. The number of hydrogen-bond acceptors (Lipinski definition) is 2. The van der Waals surface area contributed by atoms with E-state index in [2.05, 4.69) is 0 Å². The number of halogens is 1. The van der Waals surface area contributed by atoms with Crippen molar-refractivity contribution >= 4 is 18.3 Å². The van der Waals surface area contributed by atoms with Crippen molar-refractivity contribution in [3.8, 4) is 0 Å². The molecule has 12 heavy (non-hydrogen) atoms. The topological polar surface area (TPSA) is 69.1 Å². The van der Waals surface area contributed by atoms with E-state index in [0.717, 1.165) is 5.56 Å². The zero-order chi connectivity index (χ0) is 8.27. The molecule has 1 amide bonds. The van der Waals surface area contributed by atoms with Crippen LogP contribution in [0.5, 0.6) is 0 Å². The molecule has 0 aliphatic heterocycles. The van der Waals surface area contributed by atoms with Crippen LogP contribution in [-0.4, -0.2) is 5.91 Å². The fourth-order valence-corrected chi connectivity index (χ4v) is 0.825. The van der Waals surface area contributed by atoms with Crippen LogP contribution in [0.25, 0.3) is 0 Å². The highest BCUT2D eigenvalue weighted by atomic mass is 35.5. The van der Waals surface area contributed by atoms with Gasteiger partial charge in [-0.3, -0.25) is 4.79 Å². The standard InChI is InChI=1S/C8H10N2O.ClH/c9-7(8(10)11)6-4-2-1-3-5-6;/h1-5,7H,9H2,(H2,10,11);1H/t7-;/m1./s1. The fourth-order valence-electron chi connectivity index (χ4n) is 0.825. The first-order valence-corrected chi connectivity index (χ1v) is 3.31. The number of nitrogens with two attached hydrogens (primary N) is 2. The number of carbonyl (C=O) groups is 1. The quantitative estimate of drug-likeness (QED) is 0.710. The van der Waals surface area contributed by atoms with Crippen LogP contribution in [0.1, 0.15) is 11.6 Å². The molecule has 1 aromatic rings. The van der Waals surface area contributed by atoms with Crippen molar-refractivity contribution in [2.24, 2.45) is 11.5 Å². The Balaban J connectivity index is 0.00000121. The van der Waals surface area contributed by atoms with Gasteiger partial charge in [0.05, 0.1) is 0 Å². The molecule has 0 spiro atoms. The molecule has 0 fully saturated rings. The smallest absolute Gasteiger partial charge is 0.238 e. The molecular weight excluding hydrogens is 176 g/mol. The van der Waals surface area contributed by atoms with E-state index < -0.39 is 11.9 Å². The maximum Gasteiger partial charge on any atom is 0.238 e. The van der Waals surface area contributed by atoms with E-state index in [0.29, 0.717) is 0 Å². The average Bonchev–Trinajstić information content (AvgIpc) is 2.05. The second-order valence-electron chi connectivity index (χ2n) is 2.29. The van der Waals surface area contributed by atoms with Crippen LogP contribution < -0.4 is 11.5 Å². The summed E-state index contributed by atoms with van der Waals surface area (Å²) in [6, 6.07) is 8.36. The zero-order valence-electron chi connectivity index (χ0n) is 6.44. The van der Waals surface area contributed by atoms with Gasteiger partial charge in [0.15, 0.2) is 0 Å². The molecule has 0 heterocycles. The lowest BCUT2D eigenvalue weighted by Crippen LogP contribution is -2.27. The predicted octanol–water partition coefficient (Wildman–Crippen LogP) is 0.593. The van der Waals surface area contributed by atoms with Gasteiger partial charge in [0, 0.05) is 0 Å². The highest BCUT2D eigenvalue weighted by Gasteiger charge is 2.09. The second kappa shape index (κ2) is 4.74. The molecule has 0 bridgehead atoms. The van der Waals surface area contributed by atoms with Crippen molar-refractivity contribution < 1.29 is 4.79 Å². The van der Waals surface area contributed by atoms with Crippen LogP contribution >= 0.6 is 12.4 Å². The van der Waals surface area contributed by atoms with Gasteiger partial charge in [-0.25, -0.2) is 0 Å².